The number of rotatable bonds is 9. The van der Waals surface area contributed by atoms with E-state index >= 15 is 0 Å². The van der Waals surface area contributed by atoms with E-state index in [1.807, 2.05) is 5.32 Å². The summed E-state index contributed by atoms with van der Waals surface area (Å²) in [6.45, 7) is 5.27. The zero-order valence-electron chi connectivity index (χ0n) is 31.6. The number of alkyl halides is 3. The fourth-order valence-electron chi connectivity index (χ4n) is 8.07. The number of ether oxygens (including phenoxy) is 7. The van der Waals surface area contributed by atoms with Gasteiger partial charge in [-0.1, -0.05) is 12.1 Å². The van der Waals surface area contributed by atoms with Crippen molar-refractivity contribution in [1.29, 1.82) is 0 Å². The first kappa shape index (κ1) is 42.0. The van der Waals surface area contributed by atoms with Crippen LogP contribution in [0.25, 0.3) is 0 Å². The minimum Gasteiger partial charge on any atom is -0.507 e. The van der Waals surface area contributed by atoms with Gasteiger partial charge in [0, 0.05) is 56.4 Å². The topological polar surface area (TPSA) is 223 Å². The van der Waals surface area contributed by atoms with Gasteiger partial charge in [-0.2, -0.15) is 13.2 Å². The van der Waals surface area contributed by atoms with Crippen LogP contribution in [0.15, 0.2) is 18.2 Å². The number of phenolic OH excluding ortho intramolecular Hbond substituents is 2. The van der Waals surface area contributed by atoms with Gasteiger partial charge in [-0.15, -0.1) is 0 Å². The number of nitrogens with one attached hydrogen (secondary N) is 1. The zero-order valence-corrected chi connectivity index (χ0v) is 31.6. The van der Waals surface area contributed by atoms with Gasteiger partial charge in [0.15, 0.2) is 30.3 Å². The molecule has 0 radical (unpaired) electrons. The van der Waals surface area contributed by atoms with Gasteiger partial charge >= 0.3 is 18.1 Å². The molecule has 310 valence electrons. The van der Waals surface area contributed by atoms with Gasteiger partial charge in [0.1, 0.15) is 35.1 Å². The predicted molar refractivity (Wildman–Crippen MR) is 185 cm³/mol. The fraction of sp³-hybridized carbons (Fsp3) is 0.553. The molecule has 4 aliphatic rings. The number of esters is 1. The number of aromatic hydroxyl groups is 2. The molecule has 10 atom stereocenters. The second kappa shape index (κ2) is 15.6. The summed E-state index contributed by atoms with van der Waals surface area (Å²) in [7, 11) is 2.63. The smallest absolute Gasteiger partial charge is 0.471 e. The van der Waals surface area contributed by atoms with Crippen molar-refractivity contribution in [3.63, 3.8) is 0 Å². The maximum atomic E-state index is 14.0. The lowest BCUT2D eigenvalue weighted by Crippen LogP contribution is -2.60. The second-order valence-electron chi connectivity index (χ2n) is 14.5. The van der Waals surface area contributed by atoms with Crippen LogP contribution in [0.4, 0.5) is 13.2 Å². The lowest BCUT2D eigenvalue weighted by atomic mass is 9.72. The number of fused-ring (bicyclic) bond motifs is 3. The first-order valence-corrected chi connectivity index (χ1v) is 18.0. The Kier molecular flexibility index (Phi) is 11.5. The maximum absolute atomic E-state index is 14.0. The number of benzene rings is 2. The normalized spacial score (nSPS) is 31.1. The van der Waals surface area contributed by atoms with Crippen molar-refractivity contribution in [3.8, 4) is 17.2 Å². The van der Waals surface area contributed by atoms with Crippen molar-refractivity contribution in [2.45, 2.75) is 120 Å². The summed E-state index contributed by atoms with van der Waals surface area (Å²) >= 11 is 0. The van der Waals surface area contributed by atoms with Crippen LogP contribution in [0.3, 0.4) is 0 Å². The Bertz CT molecular complexity index is 1990. The number of ketones is 3. The molecular formula is C38H42F3NO15. The third-order valence-corrected chi connectivity index (χ3v) is 10.8. The van der Waals surface area contributed by atoms with E-state index in [1.165, 1.54) is 46.3 Å². The number of methoxy groups -OCH3 is 2. The van der Waals surface area contributed by atoms with Gasteiger partial charge in [0.05, 0.1) is 48.2 Å². The summed E-state index contributed by atoms with van der Waals surface area (Å²) in [5.41, 5.74) is -4.31. The Morgan fingerprint density at radius 1 is 0.895 bits per heavy atom. The Labute approximate surface area is 323 Å². The number of phenols is 2. The molecule has 2 aliphatic carbocycles. The molecule has 57 heavy (non-hydrogen) atoms. The standard InChI is InChI=1S/C38H42F3NO15/c1-14-34(57-25-11-22(52-6)35(15(2)54-25)55-17(4)44)20(42-36(49)38(39,40)41)10-24(53-14)56-23-13-37(50,16(3)43)12-19-27(23)33(48)29-28(31(19)46)30(45)18-8-7-9-21(51-5)26(18)32(29)47/h7-9,14-15,20,22-25,34-35,46,48,50H,10-13H2,1-6H3,(H,42,49)/t14-,15-,20-,22-,23-,24-,25+,34+,35-,37-/m0/s1. The number of Topliss-reactive ketones (excluding diaryl/α,β-unsaturated/α-hetero) is 1. The van der Waals surface area contributed by atoms with E-state index in [0.717, 1.165) is 6.92 Å². The molecule has 0 unspecified atom stereocenters. The van der Waals surface area contributed by atoms with Crippen molar-refractivity contribution in [3.05, 3.63) is 51.6 Å². The Morgan fingerprint density at radius 2 is 1.53 bits per heavy atom. The van der Waals surface area contributed by atoms with Gasteiger partial charge in [-0.3, -0.25) is 24.0 Å². The predicted octanol–water partition coefficient (Wildman–Crippen LogP) is 2.85. The van der Waals surface area contributed by atoms with E-state index in [1.54, 1.807) is 6.92 Å². The van der Waals surface area contributed by atoms with Gasteiger partial charge in [-0.05, 0) is 26.8 Å². The molecule has 2 aliphatic heterocycles. The average molecular weight is 810 g/mol. The van der Waals surface area contributed by atoms with Crippen LogP contribution in [0.5, 0.6) is 17.2 Å². The number of carbonyl (C=O) groups is 5. The molecule has 1 amide bonds. The second-order valence-corrected chi connectivity index (χ2v) is 14.5. The molecule has 0 bridgehead atoms. The van der Waals surface area contributed by atoms with E-state index < -0.39 is 138 Å². The minimum atomic E-state index is -5.31. The molecule has 4 N–H and O–H groups in total. The highest BCUT2D eigenvalue weighted by molar-refractivity contribution is 6.31. The monoisotopic (exact) mass is 809 g/mol. The van der Waals surface area contributed by atoms with Crippen LogP contribution >= 0.6 is 0 Å². The first-order chi connectivity index (χ1) is 26.7. The van der Waals surface area contributed by atoms with Crippen molar-refractivity contribution in [1.82, 2.24) is 5.32 Å². The average Bonchev–Trinajstić information content (AvgIpc) is 3.13. The Balaban J connectivity index is 1.35. The van der Waals surface area contributed by atoms with Crippen LogP contribution in [-0.4, -0.2) is 120 Å². The summed E-state index contributed by atoms with van der Waals surface area (Å²) in [5.74, 6) is -7.02. The molecule has 2 heterocycles. The minimum absolute atomic E-state index is 0.00946. The van der Waals surface area contributed by atoms with Gasteiger partial charge in [-0.25, -0.2) is 0 Å². The number of amides is 1. The molecule has 2 fully saturated rings. The van der Waals surface area contributed by atoms with E-state index in [4.69, 9.17) is 33.2 Å². The summed E-state index contributed by atoms with van der Waals surface area (Å²) in [5, 5.41) is 36.9. The fourth-order valence-corrected chi connectivity index (χ4v) is 8.07. The van der Waals surface area contributed by atoms with Crippen molar-refractivity contribution in [2.75, 3.05) is 14.2 Å². The summed E-state index contributed by atoms with van der Waals surface area (Å²) in [4.78, 5) is 64.6. The largest absolute Gasteiger partial charge is 0.507 e. The molecule has 2 aromatic rings. The summed E-state index contributed by atoms with van der Waals surface area (Å²) in [6, 6.07) is 2.72. The highest BCUT2D eigenvalue weighted by Gasteiger charge is 2.51. The summed E-state index contributed by atoms with van der Waals surface area (Å²) in [6.07, 6.45) is -16.2. The highest BCUT2D eigenvalue weighted by atomic mass is 19.4. The van der Waals surface area contributed by atoms with Crippen molar-refractivity contribution < 1.29 is 85.6 Å². The number of hydrogen-bond acceptors (Lipinski definition) is 15. The molecule has 0 saturated carbocycles. The lowest BCUT2D eigenvalue weighted by Gasteiger charge is -2.46. The lowest BCUT2D eigenvalue weighted by molar-refractivity contribution is -0.306. The third kappa shape index (κ3) is 7.71. The first-order valence-electron chi connectivity index (χ1n) is 18.0. The molecule has 2 saturated heterocycles. The number of hydrogen-bond donors (Lipinski definition) is 4. The number of aliphatic hydroxyl groups is 1. The van der Waals surface area contributed by atoms with Gasteiger partial charge < -0.3 is 53.8 Å². The van der Waals surface area contributed by atoms with Crippen LogP contribution in [0, 0.1) is 0 Å². The third-order valence-electron chi connectivity index (χ3n) is 10.8. The molecule has 16 nitrogen and oxygen atoms in total. The highest BCUT2D eigenvalue weighted by Crippen LogP contribution is 2.52. The van der Waals surface area contributed by atoms with Crippen molar-refractivity contribution in [2.24, 2.45) is 0 Å². The van der Waals surface area contributed by atoms with Crippen LogP contribution in [-0.2, 0) is 49.2 Å². The molecular weight excluding hydrogens is 767 g/mol. The van der Waals surface area contributed by atoms with Crippen molar-refractivity contribution >= 4 is 29.2 Å². The van der Waals surface area contributed by atoms with E-state index in [2.05, 4.69) is 0 Å². The maximum Gasteiger partial charge on any atom is 0.471 e. The SMILES string of the molecule is COc1cccc2c1C(=O)c1c(O)c3c(c(O)c1C2=O)C[C@@](O)(C(C)=O)C[C@@H]3O[C@H]1C[C@H](NC(=O)C(F)(F)F)[C@H](O[C@@H]2C[C@H](OC)[C@@H](OC(C)=O)[C@H](C)O2)[C@H](C)O1. The van der Waals surface area contributed by atoms with E-state index in [0.29, 0.717) is 0 Å². The quantitative estimate of drug-likeness (QED) is 0.180. The Hall–Kier alpha value is -4.66. The van der Waals surface area contributed by atoms with Gasteiger partial charge in [0.25, 0.3) is 0 Å². The molecule has 2 aromatic carbocycles. The van der Waals surface area contributed by atoms with Gasteiger partial charge in [0.2, 0.25) is 5.78 Å². The zero-order chi connectivity index (χ0) is 41.9. The van der Waals surface area contributed by atoms with Crippen LogP contribution < -0.4 is 10.1 Å². The molecule has 0 aromatic heterocycles. The number of halogens is 3. The van der Waals surface area contributed by atoms with Crippen LogP contribution in [0.2, 0.25) is 0 Å². The molecule has 6 rings (SSSR count). The number of carbonyl (C=O) groups excluding carboxylic acids is 5. The summed E-state index contributed by atoms with van der Waals surface area (Å²) < 4.78 is 81.2. The molecule has 0 spiro atoms. The Morgan fingerprint density at radius 3 is 2.12 bits per heavy atom. The van der Waals surface area contributed by atoms with E-state index in [-0.39, 0.29) is 34.4 Å². The van der Waals surface area contributed by atoms with E-state index in [9.17, 15) is 52.5 Å². The van der Waals surface area contributed by atoms with Crippen LogP contribution in [0.1, 0.15) is 96.0 Å². The molecule has 19 heteroatoms.